The molecule has 1 aromatic heterocycles. The highest BCUT2D eigenvalue weighted by Gasteiger charge is 2.43. The van der Waals surface area contributed by atoms with Gasteiger partial charge in [0, 0.05) is 25.2 Å². The summed E-state index contributed by atoms with van der Waals surface area (Å²) in [7, 11) is 0. The Kier molecular flexibility index (Phi) is 2.66. The zero-order valence-corrected chi connectivity index (χ0v) is 11.1. The normalized spacial score (nSPS) is 29.4. The molecule has 0 spiro atoms. The summed E-state index contributed by atoms with van der Waals surface area (Å²) in [5, 5.41) is 4.50. The van der Waals surface area contributed by atoms with Crippen LogP contribution >= 0.6 is 0 Å². The molecule has 2 saturated heterocycles. The van der Waals surface area contributed by atoms with E-state index in [1.165, 1.54) is 5.69 Å². The fourth-order valence-electron chi connectivity index (χ4n) is 2.95. The molecule has 0 radical (unpaired) electrons. The summed E-state index contributed by atoms with van der Waals surface area (Å²) in [6.45, 7) is 7.84. The molecule has 1 aromatic rings. The van der Waals surface area contributed by atoms with Gasteiger partial charge in [-0.1, -0.05) is 0 Å². The van der Waals surface area contributed by atoms with E-state index in [4.69, 9.17) is 4.74 Å². The van der Waals surface area contributed by atoms with Crippen molar-refractivity contribution in [3.8, 4) is 0 Å². The zero-order chi connectivity index (χ0) is 12.9. The molecule has 0 aliphatic carbocycles. The van der Waals surface area contributed by atoms with Gasteiger partial charge in [-0.25, -0.2) is 0 Å². The van der Waals surface area contributed by atoms with Crippen molar-refractivity contribution in [3.63, 3.8) is 0 Å². The number of carbonyl (C=O) groups is 1. The van der Waals surface area contributed by atoms with Gasteiger partial charge in [0.15, 0.2) is 0 Å². The highest BCUT2D eigenvalue weighted by atomic mass is 16.6. The van der Waals surface area contributed by atoms with E-state index in [2.05, 4.69) is 27.7 Å². The Bertz CT molecular complexity index is 477. The number of likely N-dealkylation sites (tertiary alicyclic amines) is 1. The number of nitrogens with zero attached hydrogens (tertiary/aromatic N) is 3. The number of rotatable bonds is 2. The van der Waals surface area contributed by atoms with Crippen LogP contribution in [-0.4, -0.2) is 45.9 Å². The van der Waals surface area contributed by atoms with Crippen molar-refractivity contribution >= 4 is 5.97 Å². The predicted molar refractivity (Wildman–Crippen MR) is 66.3 cm³/mol. The number of carbonyl (C=O) groups excluding carboxylic acids is 1. The maximum absolute atomic E-state index is 11.6. The molecule has 2 fully saturated rings. The van der Waals surface area contributed by atoms with Crippen molar-refractivity contribution < 1.29 is 9.53 Å². The molecule has 2 aliphatic heterocycles. The van der Waals surface area contributed by atoms with E-state index in [1.54, 1.807) is 0 Å². The SMILES string of the molecule is Cc1cc(C)n(C2CN([C@@H]3C[C@@H](C)OC3=O)C2)n1. The van der Waals surface area contributed by atoms with Crippen LogP contribution in [0.3, 0.4) is 0 Å². The number of aromatic nitrogens is 2. The molecular weight excluding hydrogens is 230 g/mol. The van der Waals surface area contributed by atoms with Gasteiger partial charge in [0.2, 0.25) is 0 Å². The standard InChI is InChI=1S/C13H19N3O2/c1-8-4-9(2)16(14-8)11-6-15(7-11)12-5-10(3)18-13(12)17/h4,10-12H,5-7H2,1-3H3/t10-,12-/m1/s1. The van der Waals surface area contributed by atoms with Gasteiger partial charge in [-0.05, 0) is 26.8 Å². The number of esters is 1. The van der Waals surface area contributed by atoms with Gasteiger partial charge in [-0.3, -0.25) is 14.4 Å². The summed E-state index contributed by atoms with van der Waals surface area (Å²) in [6.07, 6.45) is 0.887. The number of hydrogen-bond acceptors (Lipinski definition) is 4. The van der Waals surface area contributed by atoms with Crippen LogP contribution in [0.2, 0.25) is 0 Å². The van der Waals surface area contributed by atoms with Gasteiger partial charge in [0.25, 0.3) is 0 Å². The van der Waals surface area contributed by atoms with E-state index in [0.29, 0.717) is 6.04 Å². The summed E-state index contributed by atoms with van der Waals surface area (Å²) in [5.74, 6) is -0.0608. The first-order chi connectivity index (χ1) is 8.54. The lowest BCUT2D eigenvalue weighted by molar-refractivity contribution is -0.146. The Labute approximate surface area is 107 Å². The first kappa shape index (κ1) is 11.7. The van der Waals surface area contributed by atoms with Crippen molar-refractivity contribution in [1.82, 2.24) is 14.7 Å². The Hall–Kier alpha value is -1.36. The van der Waals surface area contributed by atoms with Gasteiger partial charge >= 0.3 is 5.97 Å². The second-order valence-corrected chi connectivity index (χ2v) is 5.48. The van der Waals surface area contributed by atoms with Crippen molar-refractivity contribution in [3.05, 3.63) is 17.5 Å². The topological polar surface area (TPSA) is 47.4 Å². The summed E-state index contributed by atoms with van der Waals surface area (Å²) in [5.41, 5.74) is 2.25. The summed E-state index contributed by atoms with van der Waals surface area (Å²) in [4.78, 5) is 13.8. The van der Waals surface area contributed by atoms with Crippen molar-refractivity contribution in [2.75, 3.05) is 13.1 Å². The van der Waals surface area contributed by atoms with Crippen LogP contribution < -0.4 is 0 Å². The van der Waals surface area contributed by atoms with Gasteiger partial charge in [-0.2, -0.15) is 5.10 Å². The number of aryl methyl sites for hydroxylation is 2. The first-order valence-corrected chi connectivity index (χ1v) is 6.52. The molecule has 0 aromatic carbocycles. The second kappa shape index (κ2) is 4.09. The molecule has 18 heavy (non-hydrogen) atoms. The van der Waals surface area contributed by atoms with Crippen LogP contribution in [0.25, 0.3) is 0 Å². The van der Waals surface area contributed by atoms with Crippen molar-refractivity contribution in [2.45, 2.75) is 45.4 Å². The average Bonchev–Trinajstić information content (AvgIpc) is 2.69. The molecule has 0 bridgehead atoms. The van der Waals surface area contributed by atoms with Crippen LogP contribution in [-0.2, 0) is 9.53 Å². The van der Waals surface area contributed by atoms with Crippen molar-refractivity contribution in [1.29, 1.82) is 0 Å². The van der Waals surface area contributed by atoms with Crippen LogP contribution in [0.4, 0.5) is 0 Å². The molecule has 0 unspecified atom stereocenters. The Morgan fingerprint density at radius 1 is 1.39 bits per heavy atom. The largest absolute Gasteiger partial charge is 0.461 e. The van der Waals surface area contributed by atoms with E-state index >= 15 is 0 Å². The Morgan fingerprint density at radius 3 is 2.61 bits per heavy atom. The molecule has 5 heteroatoms. The third kappa shape index (κ3) is 1.82. The van der Waals surface area contributed by atoms with Crippen LogP contribution in [0.1, 0.15) is 30.8 Å². The first-order valence-electron chi connectivity index (χ1n) is 6.52. The average molecular weight is 249 g/mol. The molecule has 3 rings (SSSR count). The summed E-state index contributed by atoms with van der Waals surface area (Å²) in [6, 6.07) is 2.46. The minimum Gasteiger partial charge on any atom is -0.461 e. The van der Waals surface area contributed by atoms with Crippen LogP contribution in [0, 0.1) is 13.8 Å². The van der Waals surface area contributed by atoms with Gasteiger partial charge < -0.3 is 4.74 Å². The maximum Gasteiger partial charge on any atom is 0.323 e. The minimum atomic E-state index is -0.0608. The predicted octanol–water partition coefficient (Wildman–Crippen LogP) is 1.06. The molecule has 2 atom stereocenters. The van der Waals surface area contributed by atoms with Gasteiger partial charge in [-0.15, -0.1) is 0 Å². The second-order valence-electron chi connectivity index (χ2n) is 5.48. The third-order valence-corrected chi connectivity index (χ3v) is 3.87. The lowest BCUT2D eigenvalue weighted by atomic mass is 10.0. The lowest BCUT2D eigenvalue weighted by Crippen LogP contribution is -2.54. The maximum atomic E-state index is 11.6. The number of hydrogen-bond donors (Lipinski definition) is 0. The fourth-order valence-corrected chi connectivity index (χ4v) is 2.95. The molecule has 98 valence electrons. The lowest BCUT2D eigenvalue weighted by Gasteiger charge is -2.41. The molecule has 0 saturated carbocycles. The molecule has 0 amide bonds. The highest BCUT2D eigenvalue weighted by molar-refractivity contribution is 5.78. The number of ether oxygens (including phenoxy) is 1. The Balaban J connectivity index is 1.64. The third-order valence-electron chi connectivity index (χ3n) is 3.87. The van der Waals surface area contributed by atoms with Gasteiger partial charge in [0.05, 0.1) is 11.7 Å². The smallest absolute Gasteiger partial charge is 0.323 e. The quantitative estimate of drug-likeness (QED) is 0.735. The monoisotopic (exact) mass is 249 g/mol. The van der Waals surface area contributed by atoms with E-state index in [-0.39, 0.29) is 18.1 Å². The van der Waals surface area contributed by atoms with Crippen molar-refractivity contribution in [2.24, 2.45) is 0 Å². The molecule has 2 aliphatic rings. The molecule has 5 nitrogen and oxygen atoms in total. The number of cyclic esters (lactones) is 1. The molecular formula is C13H19N3O2. The van der Waals surface area contributed by atoms with Gasteiger partial charge in [0.1, 0.15) is 12.1 Å². The summed E-state index contributed by atoms with van der Waals surface area (Å²) >= 11 is 0. The van der Waals surface area contributed by atoms with E-state index in [1.807, 2.05) is 13.8 Å². The van der Waals surface area contributed by atoms with E-state index < -0.39 is 0 Å². The highest BCUT2D eigenvalue weighted by Crippen LogP contribution is 2.29. The van der Waals surface area contributed by atoms with E-state index in [9.17, 15) is 4.79 Å². The van der Waals surface area contributed by atoms with E-state index in [0.717, 1.165) is 25.2 Å². The molecule has 3 heterocycles. The fraction of sp³-hybridized carbons (Fsp3) is 0.692. The van der Waals surface area contributed by atoms with Crippen LogP contribution in [0.15, 0.2) is 6.07 Å². The van der Waals surface area contributed by atoms with Crippen LogP contribution in [0.5, 0.6) is 0 Å². The summed E-state index contributed by atoms with van der Waals surface area (Å²) < 4.78 is 7.28. The minimum absolute atomic E-state index is 0.0341. The zero-order valence-electron chi connectivity index (χ0n) is 11.1. The molecule has 0 N–H and O–H groups in total. The Morgan fingerprint density at radius 2 is 2.11 bits per heavy atom.